The molecule has 0 radical (unpaired) electrons. The first-order chi connectivity index (χ1) is 38.7. The molecule has 2 aliphatic heterocycles. The van der Waals surface area contributed by atoms with Gasteiger partial charge in [-0.2, -0.15) is 0 Å². The average Bonchev–Trinajstić information content (AvgIpc) is 4.31. The number of benzene rings is 11. The van der Waals surface area contributed by atoms with Crippen molar-refractivity contribution in [1.29, 1.82) is 0 Å². The highest BCUT2D eigenvalue weighted by Gasteiger charge is 2.53. The van der Waals surface area contributed by atoms with Crippen molar-refractivity contribution >= 4 is 38.9 Å². The maximum Gasteiger partial charge on any atom is 0.132 e. The van der Waals surface area contributed by atoms with Gasteiger partial charge in [0, 0.05) is 55.8 Å². The van der Waals surface area contributed by atoms with Crippen molar-refractivity contribution in [2.45, 2.75) is 10.8 Å². The molecule has 1 aromatic heterocycles. The van der Waals surface area contributed by atoms with Crippen LogP contribution in [0.15, 0.2) is 267 Å². The predicted octanol–water partition coefficient (Wildman–Crippen LogP) is 18.5. The summed E-state index contributed by atoms with van der Waals surface area (Å²) < 4.78 is 15.8. The minimum Gasteiger partial charge on any atom is -0.457 e. The van der Waals surface area contributed by atoms with E-state index in [1.807, 2.05) is 6.07 Å². The summed E-state index contributed by atoms with van der Waals surface area (Å²) in [6, 6.07) is 104. The summed E-state index contributed by atoms with van der Waals surface area (Å²) in [5, 5.41) is 2.33. The minimum atomic E-state index is -0.631. The number of anilines is 3. The van der Waals surface area contributed by atoms with Gasteiger partial charge < -0.3 is 18.9 Å². The predicted molar refractivity (Wildman–Crippen MR) is 313 cm³/mol. The van der Waals surface area contributed by atoms with E-state index >= 15 is 0 Å². The van der Waals surface area contributed by atoms with Gasteiger partial charge in [-0.1, -0.05) is 176 Å². The van der Waals surface area contributed by atoms with E-state index in [1.54, 1.807) is 0 Å². The molecule has 12 aromatic carbocycles. The fourth-order valence-corrected chi connectivity index (χ4v) is 14.1. The first-order valence-electron chi connectivity index (χ1n) is 26.7. The lowest BCUT2D eigenvalue weighted by atomic mass is 9.66. The zero-order chi connectivity index (χ0) is 51.1. The number of hydrogen-bond donors (Lipinski definition) is 0. The number of para-hydroxylation sites is 5. The molecule has 0 saturated carbocycles. The number of hydrogen-bond acceptors (Lipinski definition) is 3. The maximum absolute atomic E-state index is 6.76. The zero-order valence-corrected chi connectivity index (χ0v) is 42.1. The molecule has 2 aliphatic carbocycles. The summed E-state index contributed by atoms with van der Waals surface area (Å²) in [6.45, 7) is 0. The van der Waals surface area contributed by atoms with Crippen LogP contribution in [0.5, 0.6) is 23.0 Å². The SMILES string of the molecule is c1ccc2c3cc(-c4ccc(N(c5ccc6c(c5)-c5ccccc5C65c6ccccc6Oc6ccccc65)c5ccc6c(c5)C5(c7ccccc7Oc7ccccc75)c5ccccc5-6)cc4)ccc3n(-c3ccccc3)c2c#1. The third-order valence-electron chi connectivity index (χ3n) is 17.2. The van der Waals surface area contributed by atoms with Crippen molar-refractivity contribution in [3.63, 3.8) is 0 Å². The van der Waals surface area contributed by atoms with Crippen LogP contribution < -0.4 is 14.4 Å². The van der Waals surface area contributed by atoms with Crippen LogP contribution in [0.3, 0.4) is 0 Å². The first-order valence-corrected chi connectivity index (χ1v) is 26.7. The zero-order valence-electron chi connectivity index (χ0n) is 42.1. The van der Waals surface area contributed by atoms with Crippen LogP contribution >= 0.6 is 0 Å². The highest BCUT2D eigenvalue weighted by molar-refractivity contribution is 6.10. The molecule has 0 fully saturated rings. The maximum atomic E-state index is 6.76. The summed E-state index contributed by atoms with van der Waals surface area (Å²) in [7, 11) is 0. The molecule has 0 bridgehead atoms. The highest BCUT2D eigenvalue weighted by Crippen LogP contribution is 2.65. The van der Waals surface area contributed by atoms with Crippen LogP contribution in [0.2, 0.25) is 0 Å². The van der Waals surface area contributed by atoms with Gasteiger partial charge in [0.2, 0.25) is 0 Å². The van der Waals surface area contributed by atoms with Crippen LogP contribution in [-0.2, 0) is 10.8 Å². The van der Waals surface area contributed by atoms with Crippen LogP contribution in [0.25, 0.3) is 60.9 Å². The smallest absolute Gasteiger partial charge is 0.132 e. The van der Waals surface area contributed by atoms with Crippen molar-refractivity contribution < 1.29 is 9.47 Å². The molecule has 0 atom stereocenters. The molecule has 2 spiro atoms. The van der Waals surface area contributed by atoms with Crippen molar-refractivity contribution in [3.8, 4) is 62.1 Å². The van der Waals surface area contributed by atoms with E-state index in [4.69, 9.17) is 9.47 Å². The van der Waals surface area contributed by atoms with Crippen molar-refractivity contribution in [2.75, 3.05) is 4.90 Å². The van der Waals surface area contributed by atoms with E-state index in [0.717, 1.165) is 95.5 Å². The topological polar surface area (TPSA) is 26.6 Å². The molecule has 4 aliphatic rings. The third kappa shape index (κ3) is 5.69. The number of ether oxygens (including phenoxy) is 2. The number of nitrogens with zero attached hydrogens (tertiary/aromatic N) is 2. The van der Waals surface area contributed by atoms with Gasteiger partial charge in [0.05, 0.1) is 16.3 Å². The van der Waals surface area contributed by atoms with E-state index in [2.05, 4.69) is 282 Å². The Hall–Kier alpha value is -10.3. The lowest BCUT2D eigenvalue weighted by molar-refractivity contribution is 0.436. The van der Waals surface area contributed by atoms with Gasteiger partial charge in [0.1, 0.15) is 28.5 Å². The molecule has 4 nitrogen and oxygen atoms in total. The Morgan fingerprint density at radius 3 is 1.44 bits per heavy atom. The molecule has 3 heterocycles. The number of rotatable bonds is 5. The second-order valence-corrected chi connectivity index (χ2v) is 20.9. The highest BCUT2D eigenvalue weighted by atomic mass is 16.5. The summed E-state index contributed by atoms with van der Waals surface area (Å²) >= 11 is 0. The van der Waals surface area contributed by atoms with Crippen LogP contribution in [0.1, 0.15) is 44.5 Å². The summed E-state index contributed by atoms with van der Waals surface area (Å²) in [4.78, 5) is 2.46. The standard InChI is InChI=1S/C74H44N2O2/c1-2-18-49(19-3-1)76-67-29-13-6-22-56(67)58-44-48(36-43-68(58)76)47-34-37-50(38-35-47)75(51-40-42-61-57(45-51)54-21-5-8-24-60(54)73(61)62-25-9-14-30-69(62)77-70-31-15-10-26-63(70)73)52-39-41-55-53-20-4-7-23-59(53)74(66(55)46-52)64-27-11-16-32-71(64)78-72-33-17-12-28-65(72)74/h1-12,14-28,30-46H. The van der Waals surface area contributed by atoms with Crippen molar-refractivity contribution in [1.82, 2.24) is 4.57 Å². The third-order valence-corrected chi connectivity index (χ3v) is 17.2. The van der Waals surface area contributed by atoms with Gasteiger partial charge in [-0.15, -0.1) is 0 Å². The Kier molecular flexibility index (Phi) is 8.86. The lowest BCUT2D eigenvalue weighted by Crippen LogP contribution is -2.32. The fraction of sp³-hybridized carbons (Fsp3) is 0.0270. The van der Waals surface area contributed by atoms with Crippen LogP contribution in [0.4, 0.5) is 17.1 Å². The van der Waals surface area contributed by atoms with E-state index in [9.17, 15) is 0 Å². The Morgan fingerprint density at radius 2 is 0.808 bits per heavy atom. The molecular weight excluding hydrogens is 949 g/mol. The van der Waals surface area contributed by atoms with Gasteiger partial charge in [-0.3, -0.25) is 0 Å². The quantitative estimate of drug-likeness (QED) is 0.172. The summed E-state index contributed by atoms with van der Waals surface area (Å²) in [6.07, 6.45) is 0. The van der Waals surface area contributed by atoms with Gasteiger partial charge in [-0.05, 0) is 159 Å². The van der Waals surface area contributed by atoms with Crippen LogP contribution in [0, 0.1) is 12.1 Å². The van der Waals surface area contributed by atoms with E-state index in [1.165, 1.54) is 49.9 Å². The van der Waals surface area contributed by atoms with E-state index in [-0.39, 0.29) is 0 Å². The lowest BCUT2D eigenvalue weighted by Gasteiger charge is -2.40. The molecule has 0 saturated heterocycles. The largest absolute Gasteiger partial charge is 0.457 e. The molecule has 4 heteroatoms. The fourth-order valence-electron chi connectivity index (χ4n) is 14.1. The molecule has 0 amide bonds. The minimum absolute atomic E-state index is 0.581. The van der Waals surface area contributed by atoms with Gasteiger partial charge in [-0.25, -0.2) is 0 Å². The van der Waals surface area contributed by atoms with Crippen molar-refractivity contribution in [3.05, 3.63) is 324 Å². The summed E-state index contributed by atoms with van der Waals surface area (Å²) in [5.74, 6) is 3.51. The molecule has 0 unspecified atom stereocenters. The Labute approximate surface area is 451 Å². The Bertz CT molecular complexity index is 4550. The first kappa shape index (κ1) is 43.0. The van der Waals surface area contributed by atoms with Gasteiger partial charge in [0.25, 0.3) is 0 Å². The molecule has 0 N–H and O–H groups in total. The monoisotopic (exact) mass is 992 g/mol. The van der Waals surface area contributed by atoms with Crippen molar-refractivity contribution in [2.24, 2.45) is 0 Å². The summed E-state index contributed by atoms with van der Waals surface area (Å²) in [5.41, 5.74) is 21.9. The second-order valence-electron chi connectivity index (χ2n) is 20.9. The van der Waals surface area contributed by atoms with Gasteiger partial charge >= 0.3 is 0 Å². The van der Waals surface area contributed by atoms with E-state index < -0.39 is 10.8 Å². The molecule has 13 aromatic rings. The number of aromatic nitrogens is 1. The van der Waals surface area contributed by atoms with E-state index in [0.29, 0.717) is 0 Å². The van der Waals surface area contributed by atoms with Gasteiger partial charge in [0.15, 0.2) is 0 Å². The number of fused-ring (bicyclic) bond motifs is 21. The normalized spacial score (nSPS) is 13.9. The van der Waals surface area contributed by atoms with Crippen LogP contribution in [-0.4, -0.2) is 4.57 Å². The molecular formula is C74H44N2O2. The average molecular weight is 993 g/mol. The Morgan fingerprint density at radius 1 is 0.333 bits per heavy atom. The molecule has 17 rings (SSSR count). The Balaban J connectivity index is 0.882. The molecule has 78 heavy (non-hydrogen) atoms. The second kappa shape index (κ2) is 16.1. The molecule has 362 valence electrons.